The minimum Gasteiger partial charge on any atom is -0.333 e. The standard InChI is InChI=1S/C14H17ClN2O2S2/c1-2-6-13-16-14(21(15,18)19)11-17(13)9-10-20-12-7-4-3-5-8-12/h3-5,7-8,11H,2,6,9-10H2,1H3. The Labute approximate surface area is 134 Å². The number of rotatable bonds is 7. The molecule has 7 heteroatoms. The summed E-state index contributed by atoms with van der Waals surface area (Å²) in [7, 11) is 1.60. The summed E-state index contributed by atoms with van der Waals surface area (Å²) in [5.74, 6) is 1.61. The lowest BCUT2D eigenvalue weighted by Crippen LogP contribution is -2.04. The van der Waals surface area contributed by atoms with Crippen LogP contribution in [0.3, 0.4) is 0 Å². The molecule has 0 N–H and O–H groups in total. The quantitative estimate of drug-likeness (QED) is 0.569. The number of nitrogens with zero attached hydrogens (tertiary/aromatic N) is 2. The van der Waals surface area contributed by atoms with Gasteiger partial charge in [0.15, 0.2) is 5.03 Å². The predicted molar refractivity (Wildman–Crippen MR) is 86.4 cm³/mol. The smallest absolute Gasteiger partial charge is 0.280 e. The zero-order valence-corrected chi connectivity index (χ0v) is 14.1. The Morgan fingerprint density at radius 2 is 2.00 bits per heavy atom. The van der Waals surface area contributed by atoms with Gasteiger partial charge in [0.25, 0.3) is 9.05 Å². The molecule has 2 aromatic rings. The molecule has 0 atom stereocenters. The molecule has 1 aromatic carbocycles. The number of hydrogen-bond acceptors (Lipinski definition) is 4. The molecule has 0 aliphatic rings. The molecule has 0 amide bonds. The third kappa shape index (κ3) is 4.76. The topological polar surface area (TPSA) is 52.0 Å². The molecule has 0 aliphatic heterocycles. The Morgan fingerprint density at radius 3 is 2.62 bits per heavy atom. The molecule has 0 spiro atoms. The average molecular weight is 345 g/mol. The van der Waals surface area contributed by atoms with Crippen molar-refractivity contribution in [2.45, 2.75) is 36.2 Å². The SMILES string of the molecule is CCCc1nc(S(=O)(=O)Cl)cn1CCSc1ccccc1. The fourth-order valence-corrected chi connectivity index (χ4v) is 3.50. The molecule has 0 bridgehead atoms. The average Bonchev–Trinajstić information content (AvgIpc) is 2.84. The Bertz CT molecular complexity index is 684. The minimum atomic E-state index is -3.77. The van der Waals surface area contributed by atoms with Crippen LogP contribution in [-0.4, -0.2) is 23.7 Å². The lowest BCUT2D eigenvalue weighted by molar-refractivity contribution is 0.606. The van der Waals surface area contributed by atoms with Gasteiger partial charge in [0.05, 0.1) is 0 Å². The number of imidazole rings is 1. The van der Waals surface area contributed by atoms with E-state index in [1.807, 2.05) is 29.7 Å². The highest BCUT2D eigenvalue weighted by Gasteiger charge is 2.17. The van der Waals surface area contributed by atoms with Gasteiger partial charge in [0.1, 0.15) is 5.82 Å². The van der Waals surface area contributed by atoms with Crippen molar-refractivity contribution in [3.63, 3.8) is 0 Å². The molecular formula is C14H17ClN2O2S2. The second-order valence-electron chi connectivity index (χ2n) is 4.54. The molecule has 1 aromatic heterocycles. The van der Waals surface area contributed by atoms with Crippen LogP contribution in [0.2, 0.25) is 0 Å². The maximum atomic E-state index is 11.4. The molecule has 2 rings (SSSR count). The molecule has 114 valence electrons. The van der Waals surface area contributed by atoms with Crippen molar-refractivity contribution >= 4 is 31.5 Å². The van der Waals surface area contributed by atoms with Crippen molar-refractivity contribution < 1.29 is 8.42 Å². The van der Waals surface area contributed by atoms with Gasteiger partial charge in [-0.25, -0.2) is 13.4 Å². The van der Waals surface area contributed by atoms with Crippen LogP contribution in [0.1, 0.15) is 19.2 Å². The highest BCUT2D eigenvalue weighted by Crippen LogP contribution is 2.19. The zero-order valence-electron chi connectivity index (χ0n) is 11.7. The normalized spacial score (nSPS) is 11.7. The Kier molecular flexibility index (Phi) is 5.72. The minimum absolute atomic E-state index is 0.0580. The maximum absolute atomic E-state index is 11.4. The summed E-state index contributed by atoms with van der Waals surface area (Å²) in [5, 5.41) is -0.0580. The molecule has 1 heterocycles. The first-order valence-electron chi connectivity index (χ1n) is 6.69. The van der Waals surface area contributed by atoms with E-state index in [0.717, 1.165) is 24.4 Å². The van der Waals surface area contributed by atoms with E-state index in [2.05, 4.69) is 17.1 Å². The van der Waals surface area contributed by atoms with Gasteiger partial charge >= 0.3 is 0 Å². The molecule has 0 saturated carbocycles. The molecule has 0 radical (unpaired) electrons. The van der Waals surface area contributed by atoms with Crippen LogP contribution in [0.25, 0.3) is 0 Å². The summed E-state index contributed by atoms with van der Waals surface area (Å²) in [5.41, 5.74) is 0. The molecule has 21 heavy (non-hydrogen) atoms. The van der Waals surface area contributed by atoms with E-state index in [1.54, 1.807) is 11.8 Å². The van der Waals surface area contributed by atoms with Gasteiger partial charge in [-0.15, -0.1) is 11.8 Å². The number of thioether (sulfide) groups is 1. The fourth-order valence-electron chi connectivity index (χ4n) is 1.94. The van der Waals surface area contributed by atoms with Crippen molar-refractivity contribution in [1.82, 2.24) is 9.55 Å². The van der Waals surface area contributed by atoms with Crippen LogP contribution in [-0.2, 0) is 22.0 Å². The summed E-state index contributed by atoms with van der Waals surface area (Å²) >= 11 is 1.73. The highest BCUT2D eigenvalue weighted by atomic mass is 35.7. The van der Waals surface area contributed by atoms with Crippen LogP contribution >= 0.6 is 22.4 Å². The first-order chi connectivity index (χ1) is 10.0. The number of aryl methyl sites for hydroxylation is 2. The van der Waals surface area contributed by atoms with Gasteiger partial charge in [0, 0.05) is 40.5 Å². The first-order valence-corrected chi connectivity index (χ1v) is 9.98. The second kappa shape index (κ2) is 7.33. The van der Waals surface area contributed by atoms with Crippen molar-refractivity contribution in [3.8, 4) is 0 Å². The van der Waals surface area contributed by atoms with E-state index in [0.29, 0.717) is 6.54 Å². The van der Waals surface area contributed by atoms with Gasteiger partial charge in [-0.05, 0) is 18.6 Å². The lowest BCUT2D eigenvalue weighted by Gasteiger charge is -2.06. The number of benzene rings is 1. The molecule has 0 aliphatic carbocycles. The largest absolute Gasteiger partial charge is 0.333 e. The van der Waals surface area contributed by atoms with E-state index >= 15 is 0 Å². The van der Waals surface area contributed by atoms with Crippen LogP contribution < -0.4 is 0 Å². The van der Waals surface area contributed by atoms with E-state index in [-0.39, 0.29) is 5.03 Å². The third-order valence-corrected chi connectivity index (χ3v) is 5.07. The van der Waals surface area contributed by atoms with Gasteiger partial charge in [-0.2, -0.15) is 0 Å². The van der Waals surface area contributed by atoms with Crippen molar-refractivity contribution in [3.05, 3.63) is 42.4 Å². The summed E-state index contributed by atoms with van der Waals surface area (Å²) in [4.78, 5) is 5.32. The van der Waals surface area contributed by atoms with Gasteiger partial charge in [-0.1, -0.05) is 25.1 Å². The lowest BCUT2D eigenvalue weighted by atomic mass is 10.3. The van der Waals surface area contributed by atoms with Crippen molar-refractivity contribution in [2.24, 2.45) is 0 Å². The first kappa shape index (κ1) is 16.4. The second-order valence-corrected chi connectivity index (χ2v) is 8.22. The Balaban J connectivity index is 2.06. The van der Waals surface area contributed by atoms with E-state index in [4.69, 9.17) is 10.7 Å². The van der Waals surface area contributed by atoms with E-state index in [9.17, 15) is 8.42 Å². The third-order valence-electron chi connectivity index (χ3n) is 2.90. The van der Waals surface area contributed by atoms with E-state index < -0.39 is 9.05 Å². The molecule has 0 fully saturated rings. The molecule has 4 nitrogen and oxygen atoms in total. The molecule has 0 saturated heterocycles. The Hall–Kier alpha value is -0.980. The summed E-state index contributed by atoms with van der Waals surface area (Å²) in [6.07, 6.45) is 3.17. The molecular weight excluding hydrogens is 328 g/mol. The predicted octanol–water partition coefficient (Wildman–Crippen LogP) is 3.56. The van der Waals surface area contributed by atoms with Crippen molar-refractivity contribution in [1.29, 1.82) is 0 Å². The van der Waals surface area contributed by atoms with E-state index in [1.165, 1.54) is 11.1 Å². The maximum Gasteiger partial charge on any atom is 0.280 e. The summed E-state index contributed by atoms with van der Waals surface area (Å²) in [6, 6.07) is 10.1. The van der Waals surface area contributed by atoms with Crippen LogP contribution in [0, 0.1) is 0 Å². The van der Waals surface area contributed by atoms with Gasteiger partial charge in [0.2, 0.25) is 0 Å². The number of aromatic nitrogens is 2. The van der Waals surface area contributed by atoms with Gasteiger partial charge in [-0.3, -0.25) is 0 Å². The highest BCUT2D eigenvalue weighted by molar-refractivity contribution is 8.13. The van der Waals surface area contributed by atoms with Crippen LogP contribution in [0.5, 0.6) is 0 Å². The molecule has 0 unspecified atom stereocenters. The summed E-state index contributed by atoms with van der Waals surface area (Å²) < 4.78 is 24.6. The Morgan fingerprint density at radius 1 is 1.29 bits per heavy atom. The van der Waals surface area contributed by atoms with Gasteiger partial charge < -0.3 is 4.57 Å². The van der Waals surface area contributed by atoms with Crippen LogP contribution in [0.4, 0.5) is 0 Å². The zero-order chi connectivity index (χ0) is 15.3. The number of hydrogen-bond donors (Lipinski definition) is 0. The monoisotopic (exact) mass is 344 g/mol. The van der Waals surface area contributed by atoms with Crippen LogP contribution in [0.15, 0.2) is 46.5 Å². The van der Waals surface area contributed by atoms with Crippen molar-refractivity contribution in [2.75, 3.05) is 5.75 Å². The number of halogens is 1. The summed E-state index contributed by atoms with van der Waals surface area (Å²) in [6.45, 7) is 2.74. The fraction of sp³-hybridized carbons (Fsp3) is 0.357.